The smallest absolute Gasteiger partial charge is 0.234 e. The standard InChI is InChI=1S/C26H26N4O3S2/c1-5-13-30-25(20-15-34-17(2)24(20)18-9-7-6-8-10-18)28-29-26(30)35-16-23(31)27-21-14-19(32-3)11-12-22(21)33-4/h5-12,14-15H,1,13,16H2,2-4H3,(H,27,31). The summed E-state index contributed by atoms with van der Waals surface area (Å²) >= 11 is 3.01. The van der Waals surface area contributed by atoms with Gasteiger partial charge in [0.25, 0.3) is 0 Å². The van der Waals surface area contributed by atoms with Crippen molar-refractivity contribution >= 4 is 34.7 Å². The molecule has 0 fully saturated rings. The van der Waals surface area contributed by atoms with Gasteiger partial charge in [0.15, 0.2) is 11.0 Å². The summed E-state index contributed by atoms with van der Waals surface area (Å²) in [6.45, 7) is 6.53. The number of thioether (sulfide) groups is 1. The van der Waals surface area contributed by atoms with Gasteiger partial charge in [-0.3, -0.25) is 9.36 Å². The van der Waals surface area contributed by atoms with Crippen LogP contribution in [-0.2, 0) is 11.3 Å². The number of aryl methyl sites for hydroxylation is 1. The van der Waals surface area contributed by atoms with Gasteiger partial charge in [0.2, 0.25) is 5.91 Å². The number of nitrogens with one attached hydrogen (secondary N) is 1. The fraction of sp³-hybridized carbons (Fsp3) is 0.192. The first-order valence-electron chi connectivity index (χ1n) is 10.9. The molecule has 4 rings (SSSR count). The summed E-state index contributed by atoms with van der Waals surface area (Å²) in [5.41, 5.74) is 3.85. The highest BCUT2D eigenvalue weighted by atomic mass is 32.2. The number of thiophene rings is 1. The van der Waals surface area contributed by atoms with E-state index in [2.05, 4.69) is 46.5 Å². The average Bonchev–Trinajstić information content (AvgIpc) is 3.46. The van der Waals surface area contributed by atoms with Gasteiger partial charge in [-0.15, -0.1) is 28.1 Å². The molecule has 1 amide bonds. The van der Waals surface area contributed by atoms with Gasteiger partial charge in [0, 0.05) is 34.0 Å². The second-order valence-electron chi connectivity index (χ2n) is 7.56. The summed E-state index contributed by atoms with van der Waals surface area (Å²) in [5, 5.41) is 14.5. The van der Waals surface area contributed by atoms with Crippen LogP contribution in [0.5, 0.6) is 11.5 Å². The third kappa shape index (κ3) is 5.41. The van der Waals surface area contributed by atoms with E-state index in [9.17, 15) is 4.79 Å². The van der Waals surface area contributed by atoms with Crippen LogP contribution in [-0.4, -0.2) is 40.6 Å². The summed E-state index contributed by atoms with van der Waals surface area (Å²) in [6.07, 6.45) is 1.81. The van der Waals surface area contributed by atoms with Crippen LogP contribution >= 0.6 is 23.1 Å². The van der Waals surface area contributed by atoms with Crippen LogP contribution in [0.4, 0.5) is 5.69 Å². The fourth-order valence-corrected chi connectivity index (χ4v) is 5.31. The number of carbonyl (C=O) groups is 1. The van der Waals surface area contributed by atoms with Crippen LogP contribution in [0, 0.1) is 6.92 Å². The van der Waals surface area contributed by atoms with Crippen LogP contribution in [0.3, 0.4) is 0 Å². The van der Waals surface area contributed by atoms with E-state index in [-0.39, 0.29) is 11.7 Å². The van der Waals surface area contributed by atoms with Gasteiger partial charge in [-0.05, 0) is 24.6 Å². The highest BCUT2D eigenvalue weighted by molar-refractivity contribution is 7.99. The Morgan fingerprint density at radius 3 is 2.69 bits per heavy atom. The Labute approximate surface area is 212 Å². The van der Waals surface area contributed by atoms with Crippen LogP contribution < -0.4 is 14.8 Å². The van der Waals surface area contributed by atoms with E-state index in [1.54, 1.807) is 49.8 Å². The second-order valence-corrected chi connectivity index (χ2v) is 9.58. The summed E-state index contributed by atoms with van der Waals surface area (Å²) in [7, 11) is 3.13. The zero-order chi connectivity index (χ0) is 24.8. The number of ether oxygens (including phenoxy) is 2. The van der Waals surface area contributed by atoms with E-state index in [0.717, 1.165) is 22.5 Å². The number of rotatable bonds is 10. The molecule has 0 saturated heterocycles. The molecule has 0 aliphatic carbocycles. The van der Waals surface area contributed by atoms with Crippen LogP contribution in [0.15, 0.2) is 71.7 Å². The Balaban J connectivity index is 1.56. The first-order chi connectivity index (χ1) is 17.0. The molecule has 0 bridgehead atoms. The maximum absolute atomic E-state index is 12.7. The normalized spacial score (nSPS) is 10.7. The number of benzene rings is 2. The van der Waals surface area contributed by atoms with E-state index < -0.39 is 0 Å². The molecule has 0 aliphatic rings. The number of anilines is 1. The predicted molar refractivity (Wildman–Crippen MR) is 143 cm³/mol. The summed E-state index contributed by atoms with van der Waals surface area (Å²) in [4.78, 5) is 13.9. The zero-order valence-electron chi connectivity index (χ0n) is 19.8. The number of methoxy groups -OCH3 is 2. The predicted octanol–water partition coefficient (Wildman–Crippen LogP) is 5.92. The van der Waals surface area contributed by atoms with Crippen LogP contribution in [0.1, 0.15) is 4.88 Å². The molecule has 2 aromatic carbocycles. The largest absolute Gasteiger partial charge is 0.497 e. The van der Waals surface area contributed by atoms with Crippen molar-refractivity contribution in [1.82, 2.24) is 14.8 Å². The van der Waals surface area contributed by atoms with Crippen LogP contribution in [0.25, 0.3) is 22.5 Å². The first-order valence-corrected chi connectivity index (χ1v) is 12.7. The molecule has 4 aromatic rings. The lowest BCUT2D eigenvalue weighted by molar-refractivity contribution is -0.113. The van der Waals surface area contributed by atoms with Gasteiger partial charge in [-0.1, -0.05) is 48.2 Å². The van der Waals surface area contributed by atoms with Gasteiger partial charge in [0.1, 0.15) is 11.5 Å². The third-order valence-electron chi connectivity index (χ3n) is 5.32. The van der Waals surface area contributed by atoms with Crippen molar-refractivity contribution in [3.63, 3.8) is 0 Å². The summed E-state index contributed by atoms with van der Waals surface area (Å²) in [6, 6.07) is 15.5. The van der Waals surface area contributed by atoms with E-state index in [0.29, 0.717) is 28.9 Å². The van der Waals surface area contributed by atoms with Crippen molar-refractivity contribution in [2.45, 2.75) is 18.6 Å². The zero-order valence-corrected chi connectivity index (χ0v) is 21.4. The minimum absolute atomic E-state index is 0.157. The van der Waals surface area contributed by atoms with Crippen molar-refractivity contribution in [2.75, 3.05) is 25.3 Å². The monoisotopic (exact) mass is 506 g/mol. The second kappa shape index (κ2) is 11.2. The molecule has 0 unspecified atom stereocenters. The van der Waals surface area contributed by atoms with Crippen molar-refractivity contribution in [2.24, 2.45) is 0 Å². The molecule has 0 radical (unpaired) electrons. The van der Waals surface area contributed by atoms with Crippen LogP contribution in [0.2, 0.25) is 0 Å². The van der Waals surface area contributed by atoms with E-state index >= 15 is 0 Å². The molecule has 0 aliphatic heterocycles. The molecule has 180 valence electrons. The number of hydrogen-bond acceptors (Lipinski definition) is 7. The highest BCUT2D eigenvalue weighted by Crippen LogP contribution is 2.39. The van der Waals surface area contributed by atoms with Gasteiger partial charge in [0.05, 0.1) is 25.7 Å². The maximum atomic E-state index is 12.7. The molecule has 7 nitrogen and oxygen atoms in total. The number of nitrogens with zero attached hydrogens (tertiary/aromatic N) is 3. The molecule has 2 aromatic heterocycles. The number of hydrogen-bond donors (Lipinski definition) is 1. The Morgan fingerprint density at radius 1 is 1.17 bits per heavy atom. The Bertz CT molecular complexity index is 1330. The molecule has 0 atom stereocenters. The molecule has 9 heteroatoms. The number of allylic oxidation sites excluding steroid dienone is 1. The fourth-order valence-electron chi connectivity index (χ4n) is 3.70. The molecule has 1 N–H and O–H groups in total. The van der Waals surface area contributed by atoms with E-state index in [4.69, 9.17) is 9.47 Å². The number of amides is 1. The topological polar surface area (TPSA) is 78.3 Å². The quantitative estimate of drug-likeness (QED) is 0.213. The number of aromatic nitrogens is 3. The average molecular weight is 507 g/mol. The molecule has 35 heavy (non-hydrogen) atoms. The SMILES string of the molecule is C=CCn1c(SCC(=O)Nc2cc(OC)ccc2OC)nnc1-c1csc(C)c1-c1ccccc1. The maximum Gasteiger partial charge on any atom is 0.234 e. The highest BCUT2D eigenvalue weighted by Gasteiger charge is 2.21. The minimum atomic E-state index is -0.187. The van der Waals surface area contributed by atoms with Crippen molar-refractivity contribution in [1.29, 1.82) is 0 Å². The third-order valence-corrected chi connectivity index (χ3v) is 7.20. The summed E-state index contributed by atoms with van der Waals surface area (Å²) in [5.74, 6) is 1.91. The Morgan fingerprint density at radius 2 is 1.97 bits per heavy atom. The minimum Gasteiger partial charge on any atom is -0.497 e. The van der Waals surface area contributed by atoms with E-state index in [1.165, 1.54) is 16.6 Å². The molecule has 0 saturated carbocycles. The lowest BCUT2D eigenvalue weighted by Gasteiger charge is -2.12. The Hall–Kier alpha value is -3.56. The molecule has 2 heterocycles. The molecular formula is C26H26N4O3S2. The lowest BCUT2D eigenvalue weighted by Crippen LogP contribution is -2.15. The van der Waals surface area contributed by atoms with Crippen molar-refractivity contribution in [3.05, 3.63) is 71.4 Å². The summed E-state index contributed by atoms with van der Waals surface area (Å²) < 4.78 is 12.6. The Kier molecular flexibility index (Phi) is 7.89. The van der Waals surface area contributed by atoms with Gasteiger partial charge < -0.3 is 14.8 Å². The molecular weight excluding hydrogens is 480 g/mol. The van der Waals surface area contributed by atoms with Gasteiger partial charge in [-0.25, -0.2) is 0 Å². The van der Waals surface area contributed by atoms with Crippen molar-refractivity contribution < 1.29 is 14.3 Å². The van der Waals surface area contributed by atoms with E-state index in [1.807, 2.05) is 22.8 Å². The first kappa shape index (κ1) is 24.6. The molecule has 0 spiro atoms. The number of carbonyl (C=O) groups excluding carboxylic acids is 1. The lowest BCUT2D eigenvalue weighted by atomic mass is 10.0. The van der Waals surface area contributed by atoms with Crippen molar-refractivity contribution in [3.8, 4) is 34.0 Å². The van der Waals surface area contributed by atoms with Gasteiger partial charge >= 0.3 is 0 Å². The van der Waals surface area contributed by atoms with Gasteiger partial charge in [-0.2, -0.15) is 0 Å².